The van der Waals surface area contributed by atoms with Crippen LogP contribution < -0.4 is 5.32 Å². The first kappa shape index (κ1) is 17.5. The molecule has 1 rings (SSSR count). The summed E-state index contributed by atoms with van der Waals surface area (Å²) in [6.07, 6.45) is 3.16. The van der Waals surface area contributed by atoms with Crippen LogP contribution in [-0.2, 0) is 0 Å². The smallest absolute Gasteiger partial charge is 0.253 e. The Hall–Kier alpha value is -1.58. The molecule has 1 amide bonds. The first-order chi connectivity index (χ1) is 9.99. The van der Waals surface area contributed by atoms with Crippen molar-refractivity contribution in [3.63, 3.8) is 0 Å². The van der Waals surface area contributed by atoms with Crippen molar-refractivity contribution in [3.8, 4) is 0 Å². The predicted molar refractivity (Wildman–Crippen MR) is 89.0 cm³/mol. The minimum absolute atomic E-state index is 0.0762. The van der Waals surface area contributed by atoms with Crippen molar-refractivity contribution in [3.05, 3.63) is 23.4 Å². The fraction of sp³-hybridized carbons (Fsp3) is 0.647. The van der Waals surface area contributed by atoms with E-state index in [9.17, 15) is 4.79 Å². The Bertz CT molecular complexity index is 457. The second-order valence-corrected chi connectivity index (χ2v) is 5.83. The summed E-state index contributed by atoms with van der Waals surface area (Å²) in [5, 5.41) is 3.29. The quantitative estimate of drug-likeness (QED) is 0.790. The number of hydrogen-bond donors (Lipinski definition) is 1. The fourth-order valence-corrected chi connectivity index (χ4v) is 2.03. The Morgan fingerprint density at radius 3 is 2.57 bits per heavy atom. The summed E-state index contributed by atoms with van der Waals surface area (Å²) in [6, 6.07) is 3.79. The van der Waals surface area contributed by atoms with E-state index >= 15 is 0 Å². The molecule has 1 heterocycles. The number of pyridine rings is 1. The second-order valence-electron chi connectivity index (χ2n) is 5.83. The number of nitrogens with one attached hydrogen (secondary N) is 1. The molecule has 0 saturated carbocycles. The van der Waals surface area contributed by atoms with Gasteiger partial charge in [-0.2, -0.15) is 0 Å². The van der Waals surface area contributed by atoms with Crippen LogP contribution in [0.25, 0.3) is 0 Å². The van der Waals surface area contributed by atoms with E-state index in [0.29, 0.717) is 5.92 Å². The van der Waals surface area contributed by atoms with E-state index in [2.05, 4.69) is 38.0 Å². The molecule has 0 aliphatic rings. The van der Waals surface area contributed by atoms with E-state index in [1.54, 1.807) is 4.90 Å². The largest absolute Gasteiger partial charge is 0.370 e. The number of hydrogen-bond acceptors (Lipinski definition) is 3. The van der Waals surface area contributed by atoms with Crippen molar-refractivity contribution < 1.29 is 4.79 Å². The molecule has 0 fully saturated rings. The molecule has 21 heavy (non-hydrogen) atoms. The molecule has 0 radical (unpaired) electrons. The van der Waals surface area contributed by atoms with Gasteiger partial charge in [0.25, 0.3) is 5.91 Å². The van der Waals surface area contributed by atoms with E-state index in [1.165, 1.54) is 0 Å². The highest BCUT2D eigenvalue weighted by atomic mass is 16.2. The minimum Gasteiger partial charge on any atom is -0.370 e. The van der Waals surface area contributed by atoms with Crippen LogP contribution in [0.4, 0.5) is 5.82 Å². The van der Waals surface area contributed by atoms with Gasteiger partial charge >= 0.3 is 0 Å². The van der Waals surface area contributed by atoms with Crippen molar-refractivity contribution in [2.75, 3.05) is 25.5 Å². The molecule has 4 nitrogen and oxygen atoms in total. The van der Waals surface area contributed by atoms with Gasteiger partial charge in [0.05, 0.1) is 0 Å². The molecule has 118 valence electrons. The van der Waals surface area contributed by atoms with Gasteiger partial charge in [-0.05, 0) is 30.9 Å². The van der Waals surface area contributed by atoms with Crippen LogP contribution in [0.3, 0.4) is 0 Å². The summed E-state index contributed by atoms with van der Waals surface area (Å²) in [5.41, 5.74) is 1.69. The zero-order valence-electron chi connectivity index (χ0n) is 14.1. The minimum atomic E-state index is 0.0762. The Morgan fingerprint density at radius 1 is 1.29 bits per heavy atom. The highest BCUT2D eigenvalue weighted by Crippen LogP contribution is 2.19. The lowest BCUT2D eigenvalue weighted by atomic mass is 10.1. The Kier molecular flexibility index (Phi) is 7.20. The second kappa shape index (κ2) is 8.65. The summed E-state index contributed by atoms with van der Waals surface area (Å²) in [4.78, 5) is 18.9. The van der Waals surface area contributed by atoms with Crippen molar-refractivity contribution in [1.29, 1.82) is 0 Å². The Balaban J connectivity index is 2.98. The molecule has 0 aromatic carbocycles. The molecule has 0 atom stereocenters. The topological polar surface area (TPSA) is 45.2 Å². The monoisotopic (exact) mass is 291 g/mol. The third-order valence-electron chi connectivity index (χ3n) is 3.43. The first-order valence-corrected chi connectivity index (χ1v) is 8.00. The molecule has 0 aliphatic carbocycles. The summed E-state index contributed by atoms with van der Waals surface area (Å²) in [7, 11) is 1.87. The Morgan fingerprint density at radius 2 is 2.00 bits per heavy atom. The molecule has 1 N–H and O–H groups in total. The summed E-state index contributed by atoms with van der Waals surface area (Å²) in [5.74, 6) is 1.18. The third-order valence-corrected chi connectivity index (χ3v) is 3.43. The van der Waals surface area contributed by atoms with Crippen LogP contribution >= 0.6 is 0 Å². The Labute approximate surface area is 129 Å². The van der Waals surface area contributed by atoms with Gasteiger partial charge in [0.15, 0.2) is 0 Å². The van der Waals surface area contributed by atoms with Gasteiger partial charge in [-0.3, -0.25) is 4.79 Å². The van der Waals surface area contributed by atoms with E-state index in [-0.39, 0.29) is 5.91 Å². The van der Waals surface area contributed by atoms with Crippen LogP contribution in [0.15, 0.2) is 12.1 Å². The molecule has 0 saturated heterocycles. The normalized spacial score (nSPS) is 10.8. The summed E-state index contributed by atoms with van der Waals surface area (Å²) < 4.78 is 0. The number of unbranched alkanes of at least 4 members (excludes halogenated alkanes) is 1. The predicted octanol–water partition coefficient (Wildman–Crippen LogP) is 3.90. The van der Waals surface area contributed by atoms with Gasteiger partial charge in [0, 0.05) is 31.4 Å². The zero-order chi connectivity index (χ0) is 15.8. The number of nitrogens with zero attached hydrogens (tertiary/aromatic N) is 2. The van der Waals surface area contributed by atoms with E-state index in [0.717, 1.165) is 49.4 Å². The molecule has 0 bridgehead atoms. The van der Waals surface area contributed by atoms with Gasteiger partial charge in [-0.1, -0.05) is 34.1 Å². The van der Waals surface area contributed by atoms with Crippen molar-refractivity contribution in [1.82, 2.24) is 9.88 Å². The highest BCUT2D eigenvalue weighted by Gasteiger charge is 2.15. The number of aromatic nitrogens is 1. The maximum Gasteiger partial charge on any atom is 0.253 e. The average molecular weight is 291 g/mol. The van der Waals surface area contributed by atoms with Crippen LogP contribution in [-0.4, -0.2) is 35.9 Å². The van der Waals surface area contributed by atoms with Crippen LogP contribution in [0.1, 0.15) is 68.9 Å². The number of carbonyl (C=O) groups is 1. The maximum atomic E-state index is 12.5. The van der Waals surface area contributed by atoms with E-state index in [1.807, 2.05) is 19.2 Å². The molecule has 0 unspecified atom stereocenters. The van der Waals surface area contributed by atoms with Crippen molar-refractivity contribution in [2.24, 2.45) is 0 Å². The number of rotatable bonds is 8. The van der Waals surface area contributed by atoms with Crippen LogP contribution in [0.5, 0.6) is 0 Å². The molecule has 0 spiro atoms. The van der Waals surface area contributed by atoms with Gasteiger partial charge < -0.3 is 10.2 Å². The van der Waals surface area contributed by atoms with Crippen molar-refractivity contribution >= 4 is 11.7 Å². The fourth-order valence-electron chi connectivity index (χ4n) is 2.03. The first-order valence-electron chi connectivity index (χ1n) is 8.00. The number of amides is 1. The average Bonchev–Trinajstić information content (AvgIpc) is 2.49. The van der Waals surface area contributed by atoms with Gasteiger partial charge in [0.1, 0.15) is 5.82 Å². The lowest BCUT2D eigenvalue weighted by Gasteiger charge is -2.18. The molecule has 1 aromatic heterocycles. The summed E-state index contributed by atoms with van der Waals surface area (Å²) in [6.45, 7) is 10.1. The van der Waals surface area contributed by atoms with E-state index in [4.69, 9.17) is 0 Å². The van der Waals surface area contributed by atoms with Gasteiger partial charge in [0.2, 0.25) is 0 Å². The molecule has 0 aliphatic heterocycles. The number of anilines is 1. The molecular formula is C17H29N3O. The van der Waals surface area contributed by atoms with Crippen molar-refractivity contribution in [2.45, 2.75) is 52.9 Å². The van der Waals surface area contributed by atoms with Crippen LogP contribution in [0.2, 0.25) is 0 Å². The lowest BCUT2D eigenvalue weighted by molar-refractivity contribution is 0.0793. The standard InChI is InChI=1S/C17H29N3O/c1-6-8-10-20(5)17(21)14-11-15(13(3)4)19-16(12-14)18-9-7-2/h11-13H,6-10H2,1-5H3,(H,18,19). The molecule has 4 heteroatoms. The highest BCUT2D eigenvalue weighted by molar-refractivity contribution is 5.94. The van der Waals surface area contributed by atoms with Crippen LogP contribution in [0, 0.1) is 0 Å². The maximum absolute atomic E-state index is 12.5. The van der Waals surface area contributed by atoms with Gasteiger partial charge in [-0.15, -0.1) is 0 Å². The number of carbonyl (C=O) groups excluding carboxylic acids is 1. The SMILES string of the molecule is CCCCN(C)C(=O)c1cc(NCCC)nc(C(C)C)c1. The summed E-state index contributed by atoms with van der Waals surface area (Å²) >= 11 is 0. The third kappa shape index (κ3) is 5.37. The van der Waals surface area contributed by atoms with E-state index < -0.39 is 0 Å². The molecule has 1 aromatic rings. The van der Waals surface area contributed by atoms with Gasteiger partial charge in [-0.25, -0.2) is 4.98 Å². The zero-order valence-corrected chi connectivity index (χ0v) is 14.1. The molecular weight excluding hydrogens is 262 g/mol. The lowest BCUT2D eigenvalue weighted by Crippen LogP contribution is -2.28.